The summed E-state index contributed by atoms with van der Waals surface area (Å²) in [5.74, 6) is 1.04. The molecule has 3 rings (SSSR count). The van der Waals surface area contributed by atoms with Crippen LogP contribution in [0.4, 0.5) is 4.39 Å². The summed E-state index contributed by atoms with van der Waals surface area (Å²) in [5.41, 5.74) is 1.60. The zero-order valence-corrected chi connectivity index (χ0v) is 15.5. The highest BCUT2D eigenvalue weighted by molar-refractivity contribution is 5.56. The molecule has 1 aromatic heterocycles. The van der Waals surface area contributed by atoms with Gasteiger partial charge in [0.2, 0.25) is 5.89 Å². The summed E-state index contributed by atoms with van der Waals surface area (Å²) in [5, 5.41) is 0. The first kappa shape index (κ1) is 18.4. The van der Waals surface area contributed by atoms with Crippen LogP contribution < -0.4 is 4.74 Å². The first-order chi connectivity index (χ1) is 12.5. The molecule has 1 aromatic carbocycles. The van der Waals surface area contributed by atoms with Crippen LogP contribution in [0.1, 0.15) is 31.2 Å². The van der Waals surface area contributed by atoms with Crippen molar-refractivity contribution >= 4 is 0 Å². The molecule has 0 fully saturated rings. The van der Waals surface area contributed by atoms with E-state index in [4.69, 9.17) is 9.15 Å². The van der Waals surface area contributed by atoms with Gasteiger partial charge in [-0.25, -0.2) is 9.37 Å². The van der Waals surface area contributed by atoms with Gasteiger partial charge in [0.15, 0.2) is 11.6 Å². The fraction of sp³-hybridized carbons (Fsp3) is 0.381. The molecule has 1 aliphatic rings. The minimum absolute atomic E-state index is 0.181. The molecule has 0 saturated carbocycles. The van der Waals surface area contributed by atoms with E-state index in [1.807, 2.05) is 13.0 Å². The van der Waals surface area contributed by atoms with E-state index in [1.165, 1.54) is 13.2 Å². The first-order valence-electron chi connectivity index (χ1n) is 8.87. The molecule has 0 saturated heterocycles. The van der Waals surface area contributed by atoms with E-state index >= 15 is 0 Å². The summed E-state index contributed by atoms with van der Waals surface area (Å²) >= 11 is 0. The third-order valence-electron chi connectivity index (χ3n) is 4.88. The minimum Gasteiger partial charge on any atom is -0.494 e. The van der Waals surface area contributed by atoms with Crippen LogP contribution in [0.2, 0.25) is 0 Å². The van der Waals surface area contributed by atoms with Crippen molar-refractivity contribution in [3.63, 3.8) is 0 Å². The molecule has 1 aliphatic heterocycles. The van der Waals surface area contributed by atoms with Gasteiger partial charge in [0, 0.05) is 24.2 Å². The Balaban J connectivity index is 1.86. The van der Waals surface area contributed by atoms with Crippen LogP contribution in [0.15, 0.2) is 47.4 Å². The number of benzene rings is 1. The van der Waals surface area contributed by atoms with Crippen molar-refractivity contribution in [2.45, 2.75) is 45.3 Å². The van der Waals surface area contributed by atoms with Crippen molar-refractivity contribution in [3.8, 4) is 17.2 Å². The van der Waals surface area contributed by atoms with E-state index in [0.29, 0.717) is 30.1 Å². The number of oxazole rings is 1. The second-order valence-corrected chi connectivity index (χ2v) is 6.63. The summed E-state index contributed by atoms with van der Waals surface area (Å²) < 4.78 is 24.5. The maximum absolute atomic E-state index is 13.6. The van der Waals surface area contributed by atoms with E-state index in [9.17, 15) is 4.39 Å². The van der Waals surface area contributed by atoms with Crippen molar-refractivity contribution in [3.05, 3.63) is 60.3 Å². The van der Waals surface area contributed by atoms with Crippen molar-refractivity contribution in [1.29, 1.82) is 0 Å². The van der Waals surface area contributed by atoms with E-state index in [-0.39, 0.29) is 5.75 Å². The highest BCUT2D eigenvalue weighted by Gasteiger charge is 2.26. The van der Waals surface area contributed by atoms with Crippen LogP contribution in [-0.2, 0) is 6.54 Å². The molecule has 26 heavy (non-hydrogen) atoms. The molecule has 2 heterocycles. The number of aryl methyl sites for hydroxylation is 1. The molecular formula is C21H25FN2O2. The molecule has 0 bridgehead atoms. The molecule has 138 valence electrons. The standard InChI is InChI=1S/C21H25FN2O2/c1-5-7-17-9-6-8-14(2)24(17)13-19-15(3)26-21(23-19)16-10-11-18(22)20(12-16)25-4/h5-6,8,10-12,14,17H,1,7,9,13H2,2-4H3/t14-,17-/m1/s1. The Kier molecular flexibility index (Phi) is 5.57. The lowest BCUT2D eigenvalue weighted by molar-refractivity contribution is 0.148. The summed E-state index contributed by atoms with van der Waals surface area (Å²) in [4.78, 5) is 7.09. The normalized spacial score (nSPS) is 20.3. The highest BCUT2D eigenvalue weighted by Crippen LogP contribution is 2.29. The molecule has 4 nitrogen and oxygen atoms in total. The third kappa shape index (κ3) is 3.73. The molecule has 0 radical (unpaired) electrons. The molecule has 0 aliphatic carbocycles. The predicted octanol–water partition coefficient (Wildman–Crippen LogP) is 4.89. The van der Waals surface area contributed by atoms with Gasteiger partial charge in [-0.05, 0) is 44.9 Å². The molecule has 5 heteroatoms. The fourth-order valence-corrected chi connectivity index (χ4v) is 3.37. The van der Waals surface area contributed by atoms with Gasteiger partial charge in [-0.2, -0.15) is 0 Å². The largest absolute Gasteiger partial charge is 0.494 e. The SMILES string of the molecule is C=CC[C@@H]1CC=C[C@@H](C)N1Cc1nc(-c2ccc(F)c(OC)c2)oc1C. The Morgan fingerprint density at radius 1 is 1.46 bits per heavy atom. The van der Waals surface area contributed by atoms with Gasteiger partial charge in [0.1, 0.15) is 5.76 Å². The third-order valence-corrected chi connectivity index (χ3v) is 4.88. The smallest absolute Gasteiger partial charge is 0.226 e. The lowest BCUT2D eigenvalue weighted by atomic mass is 10.00. The van der Waals surface area contributed by atoms with Crippen LogP contribution in [0.5, 0.6) is 5.75 Å². The maximum Gasteiger partial charge on any atom is 0.226 e. The van der Waals surface area contributed by atoms with Crippen molar-refractivity contribution in [2.24, 2.45) is 0 Å². The molecule has 2 aromatic rings. The van der Waals surface area contributed by atoms with E-state index < -0.39 is 5.82 Å². The molecule has 0 N–H and O–H groups in total. The zero-order chi connectivity index (χ0) is 18.7. The van der Waals surface area contributed by atoms with Crippen molar-refractivity contribution < 1.29 is 13.5 Å². The summed E-state index contributed by atoms with van der Waals surface area (Å²) in [7, 11) is 1.44. The minimum atomic E-state index is -0.402. The Morgan fingerprint density at radius 2 is 2.27 bits per heavy atom. The number of aromatic nitrogens is 1. The number of hydrogen-bond donors (Lipinski definition) is 0. The topological polar surface area (TPSA) is 38.5 Å². The predicted molar refractivity (Wildman–Crippen MR) is 101 cm³/mol. The van der Waals surface area contributed by atoms with Crippen LogP contribution in [-0.4, -0.2) is 29.1 Å². The molecule has 0 unspecified atom stereocenters. The second-order valence-electron chi connectivity index (χ2n) is 6.63. The van der Waals surface area contributed by atoms with Gasteiger partial charge in [-0.3, -0.25) is 4.90 Å². The Labute approximate surface area is 154 Å². The number of nitrogens with zero attached hydrogens (tertiary/aromatic N) is 2. The molecular weight excluding hydrogens is 331 g/mol. The number of halogens is 1. The van der Waals surface area contributed by atoms with Crippen molar-refractivity contribution in [2.75, 3.05) is 7.11 Å². The molecule has 0 spiro atoms. The van der Waals surface area contributed by atoms with Crippen LogP contribution in [0.25, 0.3) is 11.5 Å². The quantitative estimate of drug-likeness (QED) is 0.691. The monoisotopic (exact) mass is 356 g/mol. The van der Waals surface area contributed by atoms with Crippen LogP contribution >= 0.6 is 0 Å². The number of methoxy groups -OCH3 is 1. The van der Waals surface area contributed by atoms with Crippen LogP contribution in [0, 0.1) is 12.7 Å². The molecule has 0 amide bonds. The number of rotatable bonds is 6. The van der Waals surface area contributed by atoms with E-state index in [2.05, 4.69) is 35.5 Å². The van der Waals surface area contributed by atoms with Crippen molar-refractivity contribution in [1.82, 2.24) is 9.88 Å². The van der Waals surface area contributed by atoms with E-state index in [1.54, 1.807) is 12.1 Å². The average molecular weight is 356 g/mol. The molecule has 2 atom stereocenters. The zero-order valence-electron chi connectivity index (χ0n) is 15.5. The summed E-state index contributed by atoms with van der Waals surface area (Å²) in [6.07, 6.45) is 8.38. The Morgan fingerprint density at radius 3 is 3.00 bits per heavy atom. The van der Waals surface area contributed by atoms with Gasteiger partial charge in [0.05, 0.1) is 12.8 Å². The van der Waals surface area contributed by atoms with Gasteiger partial charge in [0.25, 0.3) is 0 Å². The number of ether oxygens (including phenoxy) is 1. The second kappa shape index (κ2) is 7.87. The van der Waals surface area contributed by atoms with Gasteiger partial charge in [-0.15, -0.1) is 6.58 Å². The van der Waals surface area contributed by atoms with Gasteiger partial charge >= 0.3 is 0 Å². The van der Waals surface area contributed by atoms with Gasteiger partial charge in [-0.1, -0.05) is 18.2 Å². The van der Waals surface area contributed by atoms with Crippen LogP contribution in [0.3, 0.4) is 0 Å². The average Bonchev–Trinajstić information content (AvgIpc) is 2.99. The lowest BCUT2D eigenvalue weighted by Crippen LogP contribution is -2.42. The Bertz CT molecular complexity index is 812. The summed E-state index contributed by atoms with van der Waals surface area (Å²) in [6, 6.07) is 5.37. The maximum atomic E-state index is 13.6. The first-order valence-corrected chi connectivity index (χ1v) is 8.87. The summed E-state index contributed by atoms with van der Waals surface area (Å²) in [6.45, 7) is 8.69. The lowest BCUT2D eigenvalue weighted by Gasteiger charge is -2.36. The fourth-order valence-electron chi connectivity index (χ4n) is 3.37. The highest BCUT2D eigenvalue weighted by atomic mass is 19.1. The Hall–Kier alpha value is -2.40. The van der Waals surface area contributed by atoms with E-state index in [0.717, 1.165) is 24.3 Å². The number of hydrogen-bond acceptors (Lipinski definition) is 4. The van der Waals surface area contributed by atoms with Gasteiger partial charge < -0.3 is 9.15 Å².